The third-order valence-electron chi connectivity index (χ3n) is 5.83. The summed E-state index contributed by atoms with van der Waals surface area (Å²) in [6.07, 6.45) is 3.86. The molecule has 172 valence electrons. The van der Waals surface area contributed by atoms with Gasteiger partial charge in [-0.25, -0.2) is 4.21 Å². The van der Waals surface area contributed by atoms with Gasteiger partial charge >= 0.3 is 0 Å². The highest BCUT2D eigenvalue weighted by Crippen LogP contribution is 2.45. The molecule has 31 heavy (non-hydrogen) atoms. The van der Waals surface area contributed by atoms with Gasteiger partial charge < -0.3 is 9.64 Å². The second-order valence-electron chi connectivity index (χ2n) is 8.68. The summed E-state index contributed by atoms with van der Waals surface area (Å²) in [5.41, 5.74) is 1.46. The van der Waals surface area contributed by atoms with E-state index in [-0.39, 0.29) is 17.7 Å². The van der Waals surface area contributed by atoms with Crippen molar-refractivity contribution in [1.29, 1.82) is 0 Å². The van der Waals surface area contributed by atoms with Crippen molar-refractivity contribution in [3.8, 4) is 5.75 Å². The van der Waals surface area contributed by atoms with E-state index in [1.807, 2.05) is 24.8 Å². The molecule has 0 bridgehead atoms. The van der Waals surface area contributed by atoms with E-state index in [1.165, 1.54) is 0 Å². The molecule has 1 amide bonds. The SMILES string of the molecule is C=CCOc1cc(Cl)c(Cl)cc1[C@H](CC(C)(C)S(N)=O)C1CCN(C(=O)C(=C)C)CC1. The maximum absolute atomic E-state index is 12.3. The second kappa shape index (κ2) is 11.0. The first-order chi connectivity index (χ1) is 14.5. The molecule has 1 aliphatic heterocycles. The van der Waals surface area contributed by atoms with Crippen molar-refractivity contribution >= 4 is 40.1 Å². The summed E-state index contributed by atoms with van der Waals surface area (Å²) in [6.45, 7) is 14.6. The number of carbonyl (C=O) groups excluding carboxylic acids is 1. The van der Waals surface area contributed by atoms with E-state index in [9.17, 15) is 9.00 Å². The number of hydrogen-bond donors (Lipinski definition) is 1. The minimum Gasteiger partial charge on any atom is -0.489 e. The topological polar surface area (TPSA) is 72.6 Å². The summed E-state index contributed by atoms with van der Waals surface area (Å²) < 4.78 is 17.5. The van der Waals surface area contributed by atoms with Crippen LogP contribution in [0, 0.1) is 5.92 Å². The quantitative estimate of drug-likeness (QED) is 0.382. The molecule has 0 saturated carbocycles. The Morgan fingerprint density at radius 1 is 1.35 bits per heavy atom. The molecule has 1 aliphatic rings. The number of likely N-dealkylation sites (tertiary alicyclic amines) is 1. The van der Waals surface area contributed by atoms with Crippen LogP contribution in [0.5, 0.6) is 5.75 Å². The average molecular weight is 487 g/mol. The molecule has 0 aromatic heterocycles. The van der Waals surface area contributed by atoms with Crippen LogP contribution in [0.3, 0.4) is 0 Å². The van der Waals surface area contributed by atoms with Crippen LogP contribution in [0.2, 0.25) is 10.0 Å². The van der Waals surface area contributed by atoms with E-state index in [0.29, 0.717) is 47.5 Å². The van der Waals surface area contributed by atoms with Crippen molar-refractivity contribution in [2.24, 2.45) is 11.1 Å². The zero-order valence-electron chi connectivity index (χ0n) is 18.5. The van der Waals surface area contributed by atoms with Crippen molar-refractivity contribution in [2.75, 3.05) is 19.7 Å². The molecular formula is C23H32Cl2N2O3S. The Kier molecular flexibility index (Phi) is 9.19. The summed E-state index contributed by atoms with van der Waals surface area (Å²) in [4.78, 5) is 14.2. The lowest BCUT2D eigenvalue weighted by Gasteiger charge is -2.39. The molecule has 5 nitrogen and oxygen atoms in total. The van der Waals surface area contributed by atoms with E-state index >= 15 is 0 Å². The minimum absolute atomic E-state index is 0.0112. The number of benzene rings is 1. The molecular weight excluding hydrogens is 455 g/mol. The standard InChI is InChI=1S/C23H32Cl2N2O3S/c1-6-11-30-21-13-20(25)19(24)12-17(21)18(14-23(4,5)31(26)29)16-7-9-27(10-8-16)22(28)15(2)3/h6,12-13,16,18H,1-2,7-11,14,26H2,3-5H3/t18-,31?/m1/s1. The molecule has 1 heterocycles. The molecule has 1 aromatic rings. The summed E-state index contributed by atoms with van der Waals surface area (Å²) in [5.74, 6) is 0.848. The van der Waals surface area contributed by atoms with Crippen LogP contribution in [0.4, 0.5) is 0 Å². The summed E-state index contributed by atoms with van der Waals surface area (Å²) in [7, 11) is -1.51. The van der Waals surface area contributed by atoms with E-state index in [2.05, 4.69) is 13.2 Å². The van der Waals surface area contributed by atoms with E-state index < -0.39 is 15.7 Å². The highest BCUT2D eigenvalue weighted by molar-refractivity contribution is 7.84. The molecule has 0 aliphatic carbocycles. The van der Waals surface area contributed by atoms with E-state index in [0.717, 1.165) is 18.4 Å². The number of halogens is 2. The summed E-state index contributed by atoms with van der Waals surface area (Å²) in [6, 6.07) is 3.57. The van der Waals surface area contributed by atoms with Gasteiger partial charge in [-0.2, -0.15) is 0 Å². The zero-order chi connectivity index (χ0) is 23.3. The van der Waals surface area contributed by atoms with Crippen molar-refractivity contribution in [3.05, 3.63) is 52.5 Å². The van der Waals surface area contributed by atoms with Crippen LogP contribution in [-0.2, 0) is 15.8 Å². The van der Waals surface area contributed by atoms with E-state index in [1.54, 1.807) is 19.1 Å². The lowest BCUT2D eigenvalue weighted by Crippen LogP contribution is -2.42. The number of nitrogens with zero attached hydrogens (tertiary/aromatic N) is 1. The monoisotopic (exact) mass is 486 g/mol. The highest BCUT2D eigenvalue weighted by Gasteiger charge is 2.37. The third-order valence-corrected chi connectivity index (χ3v) is 7.80. The van der Waals surface area contributed by atoms with Gasteiger partial charge in [0.15, 0.2) is 0 Å². The van der Waals surface area contributed by atoms with Crippen LogP contribution in [-0.4, -0.2) is 39.5 Å². The smallest absolute Gasteiger partial charge is 0.248 e. The molecule has 0 spiro atoms. The Morgan fingerprint density at radius 2 is 1.94 bits per heavy atom. The number of piperidine rings is 1. The predicted octanol–water partition coefficient (Wildman–Crippen LogP) is 5.25. The van der Waals surface area contributed by atoms with Gasteiger partial charge in [0.2, 0.25) is 5.91 Å². The molecule has 2 rings (SSSR count). The summed E-state index contributed by atoms with van der Waals surface area (Å²) in [5, 5.41) is 6.66. The Morgan fingerprint density at radius 3 is 2.45 bits per heavy atom. The molecule has 1 fully saturated rings. The fourth-order valence-corrected chi connectivity index (χ4v) is 4.69. The van der Waals surface area contributed by atoms with Crippen molar-refractivity contribution < 1.29 is 13.7 Å². The number of amides is 1. The van der Waals surface area contributed by atoms with Gasteiger partial charge in [-0.05, 0) is 63.5 Å². The Balaban J connectivity index is 2.42. The largest absolute Gasteiger partial charge is 0.489 e. The minimum atomic E-state index is -1.51. The fourth-order valence-electron chi connectivity index (χ4n) is 4.02. The number of carbonyl (C=O) groups is 1. The highest BCUT2D eigenvalue weighted by atomic mass is 35.5. The molecule has 1 saturated heterocycles. The van der Waals surface area contributed by atoms with E-state index in [4.69, 9.17) is 33.1 Å². The third kappa shape index (κ3) is 6.58. The van der Waals surface area contributed by atoms with Gasteiger partial charge in [0.25, 0.3) is 0 Å². The number of hydrogen-bond acceptors (Lipinski definition) is 3. The van der Waals surface area contributed by atoms with Gasteiger partial charge in [0, 0.05) is 24.7 Å². The van der Waals surface area contributed by atoms with Gasteiger partial charge in [0.1, 0.15) is 12.4 Å². The van der Waals surface area contributed by atoms with Crippen LogP contribution >= 0.6 is 23.2 Å². The van der Waals surface area contributed by atoms with Crippen LogP contribution in [0.1, 0.15) is 51.5 Å². The molecule has 2 N–H and O–H groups in total. The van der Waals surface area contributed by atoms with Gasteiger partial charge in [-0.1, -0.05) is 42.4 Å². The first-order valence-corrected chi connectivity index (χ1v) is 12.3. The average Bonchev–Trinajstić information content (AvgIpc) is 2.72. The number of ether oxygens (including phenoxy) is 1. The first-order valence-electron chi connectivity index (χ1n) is 10.3. The Labute approximate surface area is 198 Å². The summed E-state index contributed by atoms with van der Waals surface area (Å²) >= 11 is 12.6. The van der Waals surface area contributed by atoms with Crippen LogP contribution in [0.25, 0.3) is 0 Å². The molecule has 1 unspecified atom stereocenters. The second-order valence-corrected chi connectivity index (χ2v) is 11.2. The number of rotatable bonds is 9. The molecule has 1 aromatic carbocycles. The maximum atomic E-state index is 12.3. The number of nitrogens with two attached hydrogens (primary N) is 1. The lowest BCUT2D eigenvalue weighted by atomic mass is 9.75. The van der Waals surface area contributed by atoms with Crippen molar-refractivity contribution in [2.45, 2.75) is 50.7 Å². The Hall–Kier alpha value is -1.34. The molecule has 2 atom stereocenters. The van der Waals surface area contributed by atoms with Crippen molar-refractivity contribution in [1.82, 2.24) is 4.90 Å². The molecule has 8 heteroatoms. The predicted molar refractivity (Wildman–Crippen MR) is 130 cm³/mol. The van der Waals surface area contributed by atoms with Gasteiger partial charge in [-0.3, -0.25) is 9.93 Å². The van der Waals surface area contributed by atoms with Crippen LogP contribution < -0.4 is 9.88 Å². The lowest BCUT2D eigenvalue weighted by molar-refractivity contribution is -0.128. The zero-order valence-corrected chi connectivity index (χ0v) is 20.8. The fraction of sp³-hybridized carbons (Fsp3) is 0.522. The van der Waals surface area contributed by atoms with Gasteiger partial charge in [0.05, 0.1) is 25.8 Å². The van der Waals surface area contributed by atoms with Crippen molar-refractivity contribution in [3.63, 3.8) is 0 Å². The normalized spacial score (nSPS) is 17.2. The Bertz CT molecular complexity index is 865. The maximum Gasteiger partial charge on any atom is 0.248 e. The van der Waals surface area contributed by atoms with Gasteiger partial charge in [-0.15, -0.1) is 0 Å². The first kappa shape index (κ1) is 25.9. The van der Waals surface area contributed by atoms with Crippen LogP contribution in [0.15, 0.2) is 36.9 Å². The molecule has 0 radical (unpaired) electrons.